The molecule has 1 amide bonds. The Morgan fingerprint density at radius 2 is 2.10 bits per heavy atom. The van der Waals surface area contributed by atoms with Crippen LogP contribution in [0.2, 0.25) is 0 Å². The zero-order valence-electron chi connectivity index (χ0n) is 16.4. The van der Waals surface area contributed by atoms with E-state index in [4.69, 9.17) is 14.3 Å². The molecule has 0 radical (unpaired) electrons. The summed E-state index contributed by atoms with van der Waals surface area (Å²) < 4.78 is 13.1. The van der Waals surface area contributed by atoms with Gasteiger partial charge in [0.25, 0.3) is 5.91 Å². The maximum atomic E-state index is 12.8. The van der Waals surface area contributed by atoms with E-state index in [9.17, 15) is 9.59 Å². The molecule has 0 atom stereocenters. The summed E-state index contributed by atoms with van der Waals surface area (Å²) >= 11 is 0. The van der Waals surface area contributed by atoms with Crippen LogP contribution in [-0.2, 0) is 11.3 Å². The smallest absolute Gasteiger partial charge is 0.432 e. The molecule has 0 aliphatic heterocycles. The molecule has 0 unspecified atom stereocenters. The third kappa shape index (κ3) is 4.36. The van der Waals surface area contributed by atoms with Crippen molar-refractivity contribution >= 4 is 17.7 Å². The zero-order valence-corrected chi connectivity index (χ0v) is 16.4. The van der Waals surface area contributed by atoms with Crippen molar-refractivity contribution < 1.29 is 23.8 Å². The Labute approximate surface area is 175 Å². The predicted octanol–water partition coefficient (Wildman–Crippen LogP) is 2.83. The van der Waals surface area contributed by atoms with Gasteiger partial charge in [-0.05, 0) is 24.3 Å². The second-order valence-electron chi connectivity index (χ2n) is 6.44. The second-order valence-corrected chi connectivity index (χ2v) is 6.44. The van der Waals surface area contributed by atoms with Crippen molar-refractivity contribution in [3.63, 3.8) is 0 Å². The Hall–Kier alpha value is -4.25. The number of anilines is 1. The van der Waals surface area contributed by atoms with Gasteiger partial charge in [0, 0.05) is 25.7 Å². The molecule has 0 fully saturated rings. The maximum Gasteiger partial charge on any atom is 0.432 e. The third-order valence-corrected chi connectivity index (χ3v) is 4.33. The van der Waals surface area contributed by atoms with Crippen LogP contribution < -0.4 is 5.32 Å². The van der Waals surface area contributed by atoms with Gasteiger partial charge in [0.15, 0.2) is 5.76 Å². The first-order valence-corrected chi connectivity index (χ1v) is 9.22. The number of nitrogens with one attached hydrogen (secondary N) is 1. The van der Waals surface area contributed by atoms with E-state index in [1.165, 1.54) is 18.5 Å². The van der Waals surface area contributed by atoms with Gasteiger partial charge in [-0.25, -0.2) is 4.79 Å². The fourth-order valence-corrected chi connectivity index (χ4v) is 2.86. The molecule has 11 heteroatoms. The third-order valence-electron chi connectivity index (χ3n) is 4.33. The Kier molecular flexibility index (Phi) is 5.58. The van der Waals surface area contributed by atoms with Gasteiger partial charge in [0.1, 0.15) is 11.5 Å². The molecule has 0 saturated heterocycles. The number of furan rings is 1. The number of carbonyl (C=O) groups is 2. The Bertz CT molecular complexity index is 1210. The van der Waals surface area contributed by atoms with Gasteiger partial charge >= 0.3 is 6.09 Å². The summed E-state index contributed by atoms with van der Waals surface area (Å²) in [6, 6.07) is 8.49. The highest BCUT2D eigenvalue weighted by molar-refractivity contribution is 6.04. The van der Waals surface area contributed by atoms with E-state index >= 15 is 0 Å². The zero-order chi connectivity index (χ0) is 21.8. The summed E-state index contributed by atoms with van der Waals surface area (Å²) in [6.45, 7) is 0.965. The normalized spacial score (nSPS) is 10.9. The van der Waals surface area contributed by atoms with Gasteiger partial charge in [-0.1, -0.05) is 6.07 Å². The number of ether oxygens (including phenoxy) is 1. The molecule has 4 rings (SSSR count). The van der Waals surface area contributed by atoms with Crippen LogP contribution in [0.1, 0.15) is 10.6 Å². The van der Waals surface area contributed by atoms with Crippen molar-refractivity contribution in [2.75, 3.05) is 19.0 Å². The molecule has 2 N–H and O–H groups in total. The molecule has 158 valence electrons. The summed E-state index contributed by atoms with van der Waals surface area (Å²) in [6.07, 6.45) is 4.76. The van der Waals surface area contributed by atoms with E-state index in [0.717, 1.165) is 4.68 Å². The monoisotopic (exact) mass is 422 g/mol. The van der Waals surface area contributed by atoms with E-state index < -0.39 is 12.0 Å². The summed E-state index contributed by atoms with van der Waals surface area (Å²) in [5.41, 5.74) is 2.02. The highest BCUT2D eigenvalue weighted by Crippen LogP contribution is 2.27. The largest absolute Gasteiger partial charge is 0.463 e. The molecule has 0 bridgehead atoms. The Balaban J connectivity index is 1.57. The lowest BCUT2D eigenvalue weighted by Crippen LogP contribution is -2.11. The van der Waals surface area contributed by atoms with Gasteiger partial charge in [0.05, 0.1) is 36.3 Å². The first-order valence-electron chi connectivity index (χ1n) is 9.22. The lowest BCUT2D eigenvalue weighted by molar-refractivity contribution is 0.0997. The number of pyridine rings is 1. The number of hydrogen-bond donors (Lipinski definition) is 2. The van der Waals surface area contributed by atoms with Crippen molar-refractivity contribution in [2.24, 2.45) is 0 Å². The minimum absolute atomic E-state index is 0.0506. The lowest BCUT2D eigenvalue weighted by atomic mass is 10.2. The number of nitrogens with zero attached hydrogens (tertiary/aromatic N) is 5. The van der Waals surface area contributed by atoms with Crippen LogP contribution in [0.4, 0.5) is 10.5 Å². The van der Waals surface area contributed by atoms with Gasteiger partial charge in [0.2, 0.25) is 0 Å². The summed E-state index contributed by atoms with van der Waals surface area (Å²) in [5, 5.41) is 20.0. The summed E-state index contributed by atoms with van der Waals surface area (Å²) in [7, 11) is 1.60. The Morgan fingerprint density at radius 1 is 1.23 bits per heavy atom. The number of amides is 1. The summed E-state index contributed by atoms with van der Waals surface area (Å²) in [4.78, 5) is 28.0. The fraction of sp³-hybridized carbons (Fsp3) is 0.150. The molecule has 4 aromatic rings. The first kappa shape index (κ1) is 20.0. The molecule has 0 aromatic carbocycles. The van der Waals surface area contributed by atoms with E-state index in [1.54, 1.807) is 42.4 Å². The molecular formula is C20H18N6O5. The second kappa shape index (κ2) is 8.63. The molecule has 11 nitrogen and oxygen atoms in total. The minimum Gasteiger partial charge on any atom is -0.463 e. The van der Waals surface area contributed by atoms with Crippen LogP contribution in [0.3, 0.4) is 0 Å². The van der Waals surface area contributed by atoms with Crippen LogP contribution in [0.25, 0.3) is 22.7 Å². The van der Waals surface area contributed by atoms with Crippen molar-refractivity contribution in [3.8, 4) is 22.7 Å². The predicted molar refractivity (Wildman–Crippen MR) is 109 cm³/mol. The van der Waals surface area contributed by atoms with Crippen LogP contribution in [0.15, 0.2) is 59.5 Å². The SMILES string of the molecule is COCCn1cc(NC(=O)c2ccc(-c3cnn(C(=O)O)c3)o2)c(-c2ccccn2)n1. The standard InChI is InChI=1S/C20H18N6O5/c1-30-9-8-25-12-15(18(24-25)14-4-2-3-7-21-14)23-19(27)17-6-5-16(31-17)13-10-22-26(11-13)20(28)29/h2-7,10-12H,8-9H2,1H3,(H,23,27)(H,28,29). The number of carbonyl (C=O) groups excluding carboxylic acids is 1. The van der Waals surface area contributed by atoms with Crippen molar-refractivity contribution in [1.29, 1.82) is 0 Å². The number of carboxylic acid groups (broad SMARTS) is 1. The number of aromatic nitrogens is 5. The molecule has 4 heterocycles. The van der Waals surface area contributed by atoms with Crippen LogP contribution in [0.5, 0.6) is 0 Å². The molecule has 0 aliphatic carbocycles. The first-order chi connectivity index (χ1) is 15.0. The van der Waals surface area contributed by atoms with Gasteiger partial charge in [-0.2, -0.15) is 14.9 Å². The van der Waals surface area contributed by atoms with Crippen LogP contribution in [-0.4, -0.2) is 55.4 Å². The molecular weight excluding hydrogens is 404 g/mol. The average Bonchev–Trinajstić information content (AvgIpc) is 3.51. The van der Waals surface area contributed by atoms with Crippen LogP contribution in [0, 0.1) is 0 Å². The number of methoxy groups -OCH3 is 1. The quantitative estimate of drug-likeness (QED) is 0.464. The van der Waals surface area contributed by atoms with Crippen LogP contribution >= 0.6 is 0 Å². The minimum atomic E-state index is -1.22. The average molecular weight is 422 g/mol. The van der Waals surface area contributed by atoms with Crippen molar-refractivity contribution in [2.45, 2.75) is 6.54 Å². The van der Waals surface area contributed by atoms with Gasteiger partial charge in [-0.15, -0.1) is 0 Å². The Morgan fingerprint density at radius 3 is 2.81 bits per heavy atom. The van der Waals surface area contributed by atoms with Gasteiger partial charge in [-0.3, -0.25) is 14.5 Å². The van der Waals surface area contributed by atoms with Crippen molar-refractivity contribution in [3.05, 3.63) is 60.9 Å². The van der Waals surface area contributed by atoms with Crippen molar-refractivity contribution in [1.82, 2.24) is 24.5 Å². The van der Waals surface area contributed by atoms with Gasteiger partial charge < -0.3 is 19.6 Å². The highest BCUT2D eigenvalue weighted by Gasteiger charge is 2.19. The van der Waals surface area contributed by atoms with E-state index in [1.807, 2.05) is 6.07 Å². The maximum absolute atomic E-state index is 12.8. The topological polar surface area (TPSA) is 137 Å². The number of rotatable bonds is 7. The molecule has 0 saturated carbocycles. The number of hydrogen-bond acceptors (Lipinski definition) is 7. The summed E-state index contributed by atoms with van der Waals surface area (Å²) in [5.74, 6) is -0.117. The molecule has 0 spiro atoms. The molecule has 4 aromatic heterocycles. The fourth-order valence-electron chi connectivity index (χ4n) is 2.86. The molecule has 31 heavy (non-hydrogen) atoms. The highest BCUT2D eigenvalue weighted by atomic mass is 16.5. The van der Waals surface area contributed by atoms with E-state index in [2.05, 4.69) is 20.5 Å². The van der Waals surface area contributed by atoms with E-state index in [-0.39, 0.29) is 5.76 Å². The van der Waals surface area contributed by atoms with E-state index in [0.29, 0.717) is 41.6 Å². The molecule has 0 aliphatic rings. The lowest BCUT2D eigenvalue weighted by Gasteiger charge is -2.03.